The lowest BCUT2D eigenvalue weighted by atomic mass is 10.5. The molecule has 12 heavy (non-hydrogen) atoms. The molecule has 5 heteroatoms. The molecule has 1 rings (SSSR count). The molecule has 0 aliphatic rings. The smallest absolute Gasteiger partial charge is 0.211 e. The van der Waals surface area contributed by atoms with Crippen molar-refractivity contribution in [1.29, 1.82) is 0 Å². The highest BCUT2D eigenvalue weighted by Crippen LogP contribution is 2.14. The van der Waals surface area contributed by atoms with Crippen LogP contribution in [0.3, 0.4) is 0 Å². The zero-order valence-electron chi connectivity index (χ0n) is 6.44. The quantitative estimate of drug-likeness (QED) is 0.701. The minimum absolute atomic E-state index is 0.0833. The first-order valence-electron chi connectivity index (χ1n) is 3.33. The number of halogens is 1. The summed E-state index contributed by atoms with van der Waals surface area (Å²) in [6, 6.07) is 2.77. The van der Waals surface area contributed by atoms with Gasteiger partial charge in [0.2, 0.25) is 15.3 Å². The summed E-state index contributed by atoms with van der Waals surface area (Å²) in [6.07, 6.45) is 2.56. The zero-order valence-corrected chi connectivity index (χ0v) is 7.25. The van der Waals surface area contributed by atoms with Gasteiger partial charge in [0, 0.05) is 12.4 Å². The van der Waals surface area contributed by atoms with E-state index in [4.69, 9.17) is 0 Å². The third-order valence-electron chi connectivity index (χ3n) is 1.39. The van der Waals surface area contributed by atoms with Gasteiger partial charge in [0.1, 0.15) is 0 Å². The van der Waals surface area contributed by atoms with Crippen molar-refractivity contribution in [3.05, 3.63) is 24.5 Å². The van der Waals surface area contributed by atoms with Crippen molar-refractivity contribution >= 4 is 9.84 Å². The minimum atomic E-state index is -3.81. The predicted octanol–water partition coefficient (Wildman–Crippen LogP) is 1.17. The zero-order chi connectivity index (χ0) is 9.19. The van der Waals surface area contributed by atoms with Gasteiger partial charge in [-0.3, -0.25) is 4.98 Å². The van der Waals surface area contributed by atoms with Crippen LogP contribution < -0.4 is 0 Å². The highest BCUT2D eigenvalue weighted by Gasteiger charge is 2.22. The highest BCUT2D eigenvalue weighted by atomic mass is 32.2. The highest BCUT2D eigenvalue weighted by molar-refractivity contribution is 7.91. The van der Waals surface area contributed by atoms with E-state index in [1.807, 2.05) is 0 Å². The Labute approximate surface area is 70.2 Å². The monoisotopic (exact) mass is 189 g/mol. The van der Waals surface area contributed by atoms with Crippen molar-refractivity contribution < 1.29 is 12.8 Å². The van der Waals surface area contributed by atoms with E-state index >= 15 is 0 Å². The molecule has 0 saturated heterocycles. The first-order valence-corrected chi connectivity index (χ1v) is 4.88. The molecular formula is C7H8FNO2S. The summed E-state index contributed by atoms with van der Waals surface area (Å²) >= 11 is 0. The SMILES string of the molecule is CC(F)S(=O)(=O)c1cccnc1. The van der Waals surface area contributed by atoms with Crippen molar-refractivity contribution in [1.82, 2.24) is 4.98 Å². The number of hydrogen-bond donors (Lipinski definition) is 0. The summed E-state index contributed by atoms with van der Waals surface area (Å²) in [5.41, 5.74) is -1.89. The Morgan fingerprint density at radius 2 is 2.25 bits per heavy atom. The lowest BCUT2D eigenvalue weighted by Gasteiger charge is -2.02. The fraction of sp³-hybridized carbons (Fsp3) is 0.286. The molecule has 0 aliphatic carbocycles. The topological polar surface area (TPSA) is 47.0 Å². The van der Waals surface area contributed by atoms with Crippen LogP contribution in [-0.2, 0) is 9.84 Å². The van der Waals surface area contributed by atoms with E-state index in [1.165, 1.54) is 18.3 Å². The maximum atomic E-state index is 12.5. The number of pyridine rings is 1. The van der Waals surface area contributed by atoms with E-state index < -0.39 is 15.3 Å². The molecule has 0 N–H and O–H groups in total. The summed E-state index contributed by atoms with van der Waals surface area (Å²) in [5.74, 6) is 0. The molecule has 66 valence electrons. The summed E-state index contributed by atoms with van der Waals surface area (Å²) in [7, 11) is -3.81. The molecule has 0 amide bonds. The van der Waals surface area contributed by atoms with Gasteiger partial charge in [0.25, 0.3) is 0 Å². The molecule has 0 fully saturated rings. The van der Waals surface area contributed by atoms with Crippen LogP contribution in [0, 0.1) is 0 Å². The maximum Gasteiger partial charge on any atom is 0.211 e. The van der Waals surface area contributed by atoms with Gasteiger partial charge in [-0.1, -0.05) is 0 Å². The Bertz CT molecular complexity index is 347. The number of hydrogen-bond acceptors (Lipinski definition) is 3. The van der Waals surface area contributed by atoms with Gasteiger partial charge < -0.3 is 0 Å². The van der Waals surface area contributed by atoms with E-state index in [2.05, 4.69) is 4.98 Å². The third-order valence-corrected chi connectivity index (χ3v) is 3.14. The van der Waals surface area contributed by atoms with Crippen LogP contribution in [-0.4, -0.2) is 18.9 Å². The number of sulfone groups is 1. The molecule has 0 bridgehead atoms. The standard InChI is InChI=1S/C7H8FNO2S/c1-6(8)12(10,11)7-3-2-4-9-5-7/h2-6H,1H3. The summed E-state index contributed by atoms with van der Waals surface area (Å²) in [4.78, 5) is 3.50. The van der Waals surface area contributed by atoms with Gasteiger partial charge in [-0.2, -0.15) is 0 Å². The fourth-order valence-electron chi connectivity index (χ4n) is 0.703. The van der Waals surface area contributed by atoms with Crippen LogP contribution >= 0.6 is 0 Å². The maximum absolute atomic E-state index is 12.5. The Morgan fingerprint density at radius 1 is 1.58 bits per heavy atom. The molecule has 0 aliphatic heterocycles. The van der Waals surface area contributed by atoms with Gasteiger partial charge in [-0.05, 0) is 19.1 Å². The van der Waals surface area contributed by atoms with E-state index in [9.17, 15) is 12.8 Å². The Kier molecular flexibility index (Phi) is 2.42. The second-order valence-electron chi connectivity index (χ2n) is 2.28. The molecule has 0 saturated carbocycles. The molecular weight excluding hydrogens is 181 g/mol. The molecule has 0 spiro atoms. The predicted molar refractivity (Wildman–Crippen MR) is 42.0 cm³/mol. The minimum Gasteiger partial charge on any atom is -0.263 e. The van der Waals surface area contributed by atoms with Crippen molar-refractivity contribution in [2.24, 2.45) is 0 Å². The van der Waals surface area contributed by atoms with Crippen LogP contribution in [0.25, 0.3) is 0 Å². The molecule has 0 aromatic carbocycles. The lowest BCUT2D eigenvalue weighted by molar-refractivity contribution is 0.443. The van der Waals surface area contributed by atoms with E-state index in [1.54, 1.807) is 0 Å². The van der Waals surface area contributed by atoms with Crippen LogP contribution in [0.5, 0.6) is 0 Å². The van der Waals surface area contributed by atoms with Crippen molar-refractivity contribution in [2.75, 3.05) is 0 Å². The lowest BCUT2D eigenvalue weighted by Crippen LogP contribution is -2.12. The average Bonchev–Trinajstić information content (AvgIpc) is 2.06. The summed E-state index contributed by atoms with van der Waals surface area (Å²) in [5, 5.41) is 0. The normalized spacial score (nSPS) is 14.2. The van der Waals surface area contributed by atoms with Crippen LogP contribution in [0.1, 0.15) is 6.92 Å². The second-order valence-corrected chi connectivity index (χ2v) is 4.49. The van der Waals surface area contributed by atoms with E-state index in [0.29, 0.717) is 0 Å². The Balaban J connectivity index is 3.17. The van der Waals surface area contributed by atoms with E-state index in [-0.39, 0.29) is 4.90 Å². The Hall–Kier alpha value is -0.970. The third kappa shape index (κ3) is 1.61. The average molecular weight is 189 g/mol. The second kappa shape index (κ2) is 3.18. The van der Waals surface area contributed by atoms with Gasteiger partial charge >= 0.3 is 0 Å². The number of aromatic nitrogens is 1. The van der Waals surface area contributed by atoms with Crippen molar-refractivity contribution in [2.45, 2.75) is 17.3 Å². The first-order chi connectivity index (χ1) is 5.55. The first kappa shape index (κ1) is 9.12. The molecule has 1 aromatic rings. The Morgan fingerprint density at radius 3 is 2.67 bits per heavy atom. The molecule has 3 nitrogen and oxygen atoms in total. The van der Waals surface area contributed by atoms with Gasteiger partial charge in [0.15, 0.2) is 0 Å². The van der Waals surface area contributed by atoms with Crippen LogP contribution in [0.2, 0.25) is 0 Å². The van der Waals surface area contributed by atoms with Crippen molar-refractivity contribution in [3.63, 3.8) is 0 Å². The van der Waals surface area contributed by atoms with Crippen LogP contribution in [0.4, 0.5) is 4.39 Å². The van der Waals surface area contributed by atoms with Crippen LogP contribution in [0.15, 0.2) is 29.4 Å². The van der Waals surface area contributed by atoms with Gasteiger partial charge in [-0.25, -0.2) is 12.8 Å². The molecule has 1 atom stereocenters. The molecule has 1 aromatic heterocycles. The van der Waals surface area contributed by atoms with Gasteiger partial charge in [-0.15, -0.1) is 0 Å². The number of alkyl halides is 1. The van der Waals surface area contributed by atoms with E-state index in [0.717, 1.165) is 13.1 Å². The number of rotatable bonds is 2. The van der Waals surface area contributed by atoms with Crippen molar-refractivity contribution in [3.8, 4) is 0 Å². The number of nitrogens with zero attached hydrogens (tertiary/aromatic N) is 1. The summed E-state index contributed by atoms with van der Waals surface area (Å²) in [6.45, 7) is 0.988. The molecule has 1 heterocycles. The largest absolute Gasteiger partial charge is 0.263 e. The van der Waals surface area contributed by atoms with Gasteiger partial charge in [0.05, 0.1) is 4.90 Å². The fourth-order valence-corrected chi connectivity index (χ4v) is 1.55. The summed E-state index contributed by atoms with van der Waals surface area (Å²) < 4.78 is 34.8. The molecule has 1 unspecified atom stereocenters. The molecule has 0 radical (unpaired) electrons.